The van der Waals surface area contributed by atoms with Crippen molar-refractivity contribution in [3.05, 3.63) is 29.3 Å². The maximum atomic E-state index is 11.8. The van der Waals surface area contributed by atoms with Gasteiger partial charge in [0.2, 0.25) is 0 Å². The van der Waals surface area contributed by atoms with Gasteiger partial charge in [0.1, 0.15) is 0 Å². The molecule has 2 aliphatic rings. The third kappa shape index (κ3) is 2.84. The molecule has 0 aliphatic heterocycles. The van der Waals surface area contributed by atoms with Crippen molar-refractivity contribution in [1.29, 1.82) is 0 Å². The second-order valence-corrected chi connectivity index (χ2v) is 5.81. The average molecular weight is 273 g/mol. The molecule has 0 saturated heterocycles. The second-order valence-electron chi connectivity index (χ2n) is 5.81. The summed E-state index contributed by atoms with van der Waals surface area (Å²) in [5, 5.41) is 2.78. The molecule has 0 spiro atoms. The number of ether oxygens (including phenoxy) is 1. The SMILES string of the molecule is C[C@H]1C[C@H]1C(=O)OCC(=O)Nc1ccc2c(c1)CCC2. The molecule has 1 N–H and O–H groups in total. The molecule has 0 bridgehead atoms. The van der Waals surface area contributed by atoms with Gasteiger partial charge in [0.05, 0.1) is 5.92 Å². The normalized spacial score (nSPS) is 23.1. The molecular weight excluding hydrogens is 254 g/mol. The number of fused-ring (bicyclic) bond motifs is 1. The van der Waals surface area contributed by atoms with Crippen molar-refractivity contribution in [2.75, 3.05) is 11.9 Å². The minimum Gasteiger partial charge on any atom is -0.455 e. The number of carbonyl (C=O) groups excluding carboxylic acids is 2. The van der Waals surface area contributed by atoms with Gasteiger partial charge in [-0.15, -0.1) is 0 Å². The van der Waals surface area contributed by atoms with E-state index in [1.807, 2.05) is 19.1 Å². The van der Waals surface area contributed by atoms with Crippen molar-refractivity contribution in [2.24, 2.45) is 11.8 Å². The van der Waals surface area contributed by atoms with Crippen LogP contribution < -0.4 is 5.32 Å². The zero-order valence-corrected chi connectivity index (χ0v) is 11.6. The lowest BCUT2D eigenvalue weighted by Gasteiger charge is -2.08. The number of nitrogens with one attached hydrogen (secondary N) is 1. The zero-order valence-electron chi connectivity index (χ0n) is 11.6. The summed E-state index contributed by atoms with van der Waals surface area (Å²) in [5.74, 6) is -0.115. The van der Waals surface area contributed by atoms with Crippen molar-refractivity contribution in [3.63, 3.8) is 0 Å². The first-order chi connectivity index (χ1) is 9.63. The maximum Gasteiger partial charge on any atom is 0.309 e. The van der Waals surface area contributed by atoms with Gasteiger partial charge in [0, 0.05) is 5.69 Å². The van der Waals surface area contributed by atoms with Crippen LogP contribution in [-0.2, 0) is 27.2 Å². The minimum absolute atomic E-state index is 0.00259. The first kappa shape index (κ1) is 13.2. The van der Waals surface area contributed by atoms with Gasteiger partial charge in [0.15, 0.2) is 6.61 Å². The number of rotatable bonds is 4. The summed E-state index contributed by atoms with van der Waals surface area (Å²) >= 11 is 0. The highest BCUT2D eigenvalue weighted by molar-refractivity contribution is 5.93. The summed E-state index contributed by atoms with van der Waals surface area (Å²) in [5.41, 5.74) is 3.47. The molecule has 3 rings (SSSR count). The summed E-state index contributed by atoms with van der Waals surface area (Å²) in [7, 11) is 0. The van der Waals surface area contributed by atoms with Crippen LogP contribution in [0.15, 0.2) is 18.2 Å². The Kier molecular flexibility index (Phi) is 3.47. The Morgan fingerprint density at radius 1 is 1.30 bits per heavy atom. The molecule has 1 fully saturated rings. The summed E-state index contributed by atoms with van der Waals surface area (Å²) in [6.45, 7) is 1.82. The number of amides is 1. The lowest BCUT2D eigenvalue weighted by atomic mass is 10.1. The van der Waals surface area contributed by atoms with Crippen molar-refractivity contribution < 1.29 is 14.3 Å². The Labute approximate surface area is 118 Å². The number of aryl methyl sites for hydroxylation is 2. The Morgan fingerprint density at radius 3 is 2.80 bits per heavy atom. The molecule has 0 heterocycles. The Bertz CT molecular complexity index is 553. The van der Waals surface area contributed by atoms with Crippen molar-refractivity contribution in [3.8, 4) is 0 Å². The number of benzene rings is 1. The molecule has 0 radical (unpaired) electrons. The summed E-state index contributed by atoms with van der Waals surface area (Å²) < 4.78 is 5.01. The Morgan fingerprint density at radius 2 is 2.05 bits per heavy atom. The quantitative estimate of drug-likeness (QED) is 0.856. The fourth-order valence-electron chi connectivity index (χ4n) is 2.74. The van der Waals surface area contributed by atoms with E-state index in [0.717, 1.165) is 24.9 Å². The smallest absolute Gasteiger partial charge is 0.309 e. The van der Waals surface area contributed by atoms with Crippen LogP contribution in [0.2, 0.25) is 0 Å². The largest absolute Gasteiger partial charge is 0.455 e. The topological polar surface area (TPSA) is 55.4 Å². The van der Waals surface area contributed by atoms with Crippen molar-refractivity contribution >= 4 is 17.6 Å². The minimum atomic E-state index is -0.274. The fourth-order valence-corrected chi connectivity index (χ4v) is 2.74. The van der Waals surface area contributed by atoms with Crippen LogP contribution in [0.4, 0.5) is 5.69 Å². The summed E-state index contributed by atoms with van der Waals surface area (Å²) in [6.07, 6.45) is 4.27. The van der Waals surface area contributed by atoms with Gasteiger partial charge in [-0.05, 0) is 54.9 Å². The highest BCUT2D eigenvalue weighted by Gasteiger charge is 2.40. The highest BCUT2D eigenvalue weighted by Crippen LogP contribution is 2.38. The first-order valence-corrected chi connectivity index (χ1v) is 7.22. The van der Waals surface area contributed by atoms with Gasteiger partial charge < -0.3 is 10.1 Å². The van der Waals surface area contributed by atoms with Gasteiger partial charge >= 0.3 is 5.97 Å². The third-order valence-electron chi connectivity index (χ3n) is 4.14. The first-order valence-electron chi connectivity index (χ1n) is 7.22. The lowest BCUT2D eigenvalue weighted by Crippen LogP contribution is -2.21. The average Bonchev–Trinajstić information content (AvgIpc) is 2.98. The van der Waals surface area contributed by atoms with E-state index in [0.29, 0.717) is 5.92 Å². The maximum absolute atomic E-state index is 11.8. The monoisotopic (exact) mass is 273 g/mol. The summed E-state index contributed by atoms with van der Waals surface area (Å²) in [4.78, 5) is 23.3. The molecule has 1 aromatic carbocycles. The van der Waals surface area contributed by atoms with Crippen LogP contribution in [0.5, 0.6) is 0 Å². The van der Waals surface area contributed by atoms with Gasteiger partial charge in [-0.3, -0.25) is 9.59 Å². The molecule has 0 unspecified atom stereocenters. The van der Waals surface area contributed by atoms with Gasteiger partial charge in [0.25, 0.3) is 5.91 Å². The van der Waals surface area contributed by atoms with E-state index in [1.54, 1.807) is 0 Å². The predicted octanol–water partition coefficient (Wildman–Crippen LogP) is 2.31. The highest BCUT2D eigenvalue weighted by atomic mass is 16.5. The number of hydrogen-bond acceptors (Lipinski definition) is 3. The molecule has 4 nitrogen and oxygen atoms in total. The van der Waals surface area contributed by atoms with E-state index in [4.69, 9.17) is 4.74 Å². The van der Waals surface area contributed by atoms with E-state index >= 15 is 0 Å². The van der Waals surface area contributed by atoms with E-state index in [2.05, 4.69) is 11.4 Å². The van der Waals surface area contributed by atoms with E-state index in [-0.39, 0.29) is 24.4 Å². The second kappa shape index (κ2) is 5.27. The van der Waals surface area contributed by atoms with Crippen LogP contribution >= 0.6 is 0 Å². The number of anilines is 1. The third-order valence-corrected chi connectivity index (χ3v) is 4.14. The van der Waals surface area contributed by atoms with Crippen molar-refractivity contribution in [1.82, 2.24) is 0 Å². The molecule has 0 aromatic heterocycles. The molecule has 106 valence electrons. The zero-order chi connectivity index (χ0) is 14.1. The molecule has 4 heteroatoms. The molecule has 1 aromatic rings. The van der Waals surface area contributed by atoms with Gasteiger partial charge in [-0.1, -0.05) is 13.0 Å². The molecule has 2 aliphatic carbocycles. The molecule has 1 saturated carbocycles. The van der Waals surface area contributed by atoms with Crippen LogP contribution in [0.25, 0.3) is 0 Å². The van der Waals surface area contributed by atoms with Crippen LogP contribution in [0.3, 0.4) is 0 Å². The van der Waals surface area contributed by atoms with Crippen LogP contribution in [-0.4, -0.2) is 18.5 Å². The molecule has 20 heavy (non-hydrogen) atoms. The predicted molar refractivity (Wildman–Crippen MR) is 75.3 cm³/mol. The Hall–Kier alpha value is -1.84. The number of esters is 1. The van der Waals surface area contributed by atoms with Crippen LogP contribution in [0, 0.1) is 11.8 Å². The molecular formula is C16H19NO3. The van der Waals surface area contributed by atoms with Crippen LogP contribution in [0.1, 0.15) is 30.9 Å². The van der Waals surface area contributed by atoms with Gasteiger partial charge in [-0.25, -0.2) is 0 Å². The number of hydrogen-bond donors (Lipinski definition) is 1. The number of carbonyl (C=O) groups is 2. The lowest BCUT2D eigenvalue weighted by molar-refractivity contribution is -0.148. The van der Waals surface area contributed by atoms with Crippen molar-refractivity contribution in [2.45, 2.75) is 32.6 Å². The summed E-state index contributed by atoms with van der Waals surface area (Å²) in [6, 6.07) is 5.99. The van der Waals surface area contributed by atoms with Gasteiger partial charge in [-0.2, -0.15) is 0 Å². The Balaban J connectivity index is 1.50. The van der Waals surface area contributed by atoms with E-state index < -0.39 is 0 Å². The van der Waals surface area contributed by atoms with E-state index in [9.17, 15) is 9.59 Å². The standard InChI is InChI=1S/C16H19NO3/c1-10-7-14(10)16(19)20-9-15(18)17-13-6-5-11-3-2-4-12(11)8-13/h5-6,8,10,14H,2-4,7,9H2,1H3,(H,17,18)/t10-,14+/m0/s1. The molecule has 1 amide bonds. The fraction of sp³-hybridized carbons (Fsp3) is 0.500. The van der Waals surface area contributed by atoms with E-state index in [1.165, 1.54) is 17.5 Å². The molecule has 2 atom stereocenters.